The molecule has 1 aromatic rings. The fraction of sp³-hybridized carbons (Fsp3) is 0.333. The molecular formula is C9H12N4O3. The van der Waals surface area contributed by atoms with Crippen LogP contribution in [0.2, 0.25) is 0 Å². The minimum Gasteiger partial charge on any atom is -0.476 e. The van der Waals surface area contributed by atoms with Gasteiger partial charge in [-0.1, -0.05) is 0 Å². The Morgan fingerprint density at radius 1 is 1.38 bits per heavy atom. The third kappa shape index (κ3) is 3.19. The highest BCUT2D eigenvalue weighted by Gasteiger charge is 2.06. The first kappa shape index (κ1) is 11.9. The number of likely N-dealkylation sites (N-methyl/N-ethyl adjacent to an activating group) is 1. The summed E-state index contributed by atoms with van der Waals surface area (Å²) >= 11 is 0. The predicted octanol–water partition coefficient (Wildman–Crippen LogP) is -0.325. The van der Waals surface area contributed by atoms with Gasteiger partial charge in [-0.25, -0.2) is 14.8 Å². The number of hydrogen-bond donors (Lipinski definition) is 2. The second-order valence-electron chi connectivity index (χ2n) is 3.23. The van der Waals surface area contributed by atoms with Crippen molar-refractivity contribution in [2.75, 3.05) is 26.0 Å². The lowest BCUT2D eigenvalue weighted by Crippen LogP contribution is -2.28. The van der Waals surface area contributed by atoms with Crippen molar-refractivity contribution in [3.05, 3.63) is 18.1 Å². The topological polar surface area (TPSA) is 95.4 Å². The Morgan fingerprint density at radius 3 is 2.50 bits per heavy atom. The number of carbonyl (C=O) groups is 2. The van der Waals surface area contributed by atoms with Crippen LogP contribution in [0, 0.1) is 0 Å². The number of nitrogens with zero attached hydrogens (tertiary/aromatic N) is 3. The number of aromatic nitrogens is 2. The number of amides is 1. The summed E-state index contributed by atoms with van der Waals surface area (Å²) in [6.45, 7) is 0.0914. The van der Waals surface area contributed by atoms with E-state index in [1.165, 1.54) is 11.1 Å². The largest absolute Gasteiger partial charge is 0.476 e. The molecular weight excluding hydrogens is 212 g/mol. The Bertz CT molecular complexity index is 388. The molecule has 0 aliphatic rings. The summed E-state index contributed by atoms with van der Waals surface area (Å²) < 4.78 is 0. The Morgan fingerprint density at radius 2 is 2.06 bits per heavy atom. The highest BCUT2D eigenvalue weighted by Crippen LogP contribution is 2.00. The monoisotopic (exact) mass is 224 g/mol. The van der Waals surface area contributed by atoms with Gasteiger partial charge in [-0.05, 0) is 0 Å². The molecule has 0 aliphatic carbocycles. The highest BCUT2D eigenvalue weighted by molar-refractivity contribution is 5.85. The van der Waals surface area contributed by atoms with E-state index in [2.05, 4.69) is 15.3 Å². The minimum atomic E-state index is -1.14. The van der Waals surface area contributed by atoms with E-state index in [0.717, 1.165) is 6.20 Å². The van der Waals surface area contributed by atoms with Crippen LogP contribution in [0.5, 0.6) is 0 Å². The molecule has 86 valence electrons. The molecule has 7 nitrogen and oxygen atoms in total. The number of carboxylic acids is 1. The molecule has 1 heterocycles. The molecule has 1 rings (SSSR count). The van der Waals surface area contributed by atoms with Crippen molar-refractivity contribution in [1.82, 2.24) is 14.9 Å². The van der Waals surface area contributed by atoms with E-state index in [9.17, 15) is 9.59 Å². The van der Waals surface area contributed by atoms with E-state index in [4.69, 9.17) is 5.11 Å². The Kier molecular flexibility index (Phi) is 3.76. The number of rotatable bonds is 4. The van der Waals surface area contributed by atoms with Crippen molar-refractivity contribution in [2.24, 2.45) is 0 Å². The number of aromatic carboxylic acids is 1. The standard InChI is InChI=1S/C9H12N4O3/c1-13(2)8(14)5-12-7-4-10-6(3-11-7)9(15)16/h3-4H,5H2,1-2H3,(H,11,12)(H,15,16). The molecule has 0 fully saturated rings. The zero-order chi connectivity index (χ0) is 12.1. The normalized spacial score (nSPS) is 9.62. The fourth-order valence-corrected chi connectivity index (χ4v) is 0.854. The fourth-order valence-electron chi connectivity index (χ4n) is 0.854. The summed E-state index contributed by atoms with van der Waals surface area (Å²) in [5.41, 5.74) is -0.135. The van der Waals surface area contributed by atoms with E-state index in [1.807, 2.05) is 0 Å². The molecule has 1 aromatic heterocycles. The van der Waals surface area contributed by atoms with Gasteiger partial charge in [-0.3, -0.25) is 4.79 Å². The average Bonchev–Trinajstić information content (AvgIpc) is 2.26. The van der Waals surface area contributed by atoms with Crippen molar-refractivity contribution in [3.8, 4) is 0 Å². The lowest BCUT2D eigenvalue weighted by molar-refractivity contribution is -0.126. The molecule has 1 amide bonds. The van der Waals surface area contributed by atoms with Crippen molar-refractivity contribution >= 4 is 17.7 Å². The van der Waals surface area contributed by atoms with Gasteiger partial charge in [0.25, 0.3) is 0 Å². The maximum Gasteiger partial charge on any atom is 0.356 e. The molecule has 2 N–H and O–H groups in total. The lowest BCUT2D eigenvalue weighted by atomic mass is 10.4. The minimum absolute atomic E-state index is 0.0914. The van der Waals surface area contributed by atoms with Crippen LogP contribution in [-0.2, 0) is 4.79 Å². The number of carboxylic acid groups (broad SMARTS) is 1. The second kappa shape index (κ2) is 5.06. The maximum atomic E-state index is 11.2. The molecule has 16 heavy (non-hydrogen) atoms. The van der Waals surface area contributed by atoms with Crippen LogP contribution in [0.25, 0.3) is 0 Å². The first-order valence-electron chi connectivity index (χ1n) is 4.50. The molecule has 0 bridgehead atoms. The number of anilines is 1. The van der Waals surface area contributed by atoms with E-state index in [-0.39, 0.29) is 18.1 Å². The summed E-state index contributed by atoms with van der Waals surface area (Å²) in [6, 6.07) is 0. The van der Waals surface area contributed by atoms with Gasteiger partial charge in [0.05, 0.1) is 18.9 Å². The van der Waals surface area contributed by atoms with Crippen molar-refractivity contribution in [3.63, 3.8) is 0 Å². The number of hydrogen-bond acceptors (Lipinski definition) is 5. The van der Waals surface area contributed by atoms with E-state index >= 15 is 0 Å². The second-order valence-corrected chi connectivity index (χ2v) is 3.23. The Hall–Kier alpha value is -2.18. The third-order valence-corrected chi connectivity index (χ3v) is 1.79. The van der Waals surface area contributed by atoms with Crippen LogP contribution in [0.15, 0.2) is 12.4 Å². The molecule has 0 atom stereocenters. The van der Waals surface area contributed by atoms with Gasteiger partial charge in [0.15, 0.2) is 5.69 Å². The average molecular weight is 224 g/mol. The van der Waals surface area contributed by atoms with Gasteiger partial charge in [0, 0.05) is 14.1 Å². The van der Waals surface area contributed by atoms with Crippen molar-refractivity contribution in [1.29, 1.82) is 0 Å². The predicted molar refractivity (Wildman–Crippen MR) is 56.2 cm³/mol. The SMILES string of the molecule is CN(C)C(=O)CNc1cnc(C(=O)O)cn1. The first-order chi connectivity index (χ1) is 7.50. The maximum absolute atomic E-state index is 11.2. The summed E-state index contributed by atoms with van der Waals surface area (Å²) in [6.07, 6.45) is 2.40. The smallest absolute Gasteiger partial charge is 0.356 e. The number of nitrogens with one attached hydrogen (secondary N) is 1. The van der Waals surface area contributed by atoms with Gasteiger partial charge in [0.1, 0.15) is 5.82 Å². The molecule has 0 aliphatic heterocycles. The summed E-state index contributed by atoms with van der Waals surface area (Å²) in [4.78, 5) is 30.6. The summed E-state index contributed by atoms with van der Waals surface area (Å²) in [5.74, 6) is -0.882. The van der Waals surface area contributed by atoms with Gasteiger partial charge in [-0.2, -0.15) is 0 Å². The molecule has 0 saturated heterocycles. The molecule has 0 spiro atoms. The van der Waals surface area contributed by atoms with Crippen molar-refractivity contribution in [2.45, 2.75) is 0 Å². The summed E-state index contributed by atoms with van der Waals surface area (Å²) in [5, 5.41) is 11.3. The van der Waals surface area contributed by atoms with Gasteiger partial charge in [-0.15, -0.1) is 0 Å². The van der Waals surface area contributed by atoms with Gasteiger partial charge >= 0.3 is 5.97 Å². The highest BCUT2D eigenvalue weighted by atomic mass is 16.4. The molecule has 7 heteroatoms. The van der Waals surface area contributed by atoms with E-state index in [1.54, 1.807) is 14.1 Å². The van der Waals surface area contributed by atoms with Crippen LogP contribution < -0.4 is 5.32 Å². The van der Waals surface area contributed by atoms with Crippen LogP contribution in [0.4, 0.5) is 5.82 Å². The van der Waals surface area contributed by atoms with Crippen LogP contribution in [-0.4, -0.2) is 52.5 Å². The summed E-state index contributed by atoms with van der Waals surface area (Å²) in [7, 11) is 3.28. The lowest BCUT2D eigenvalue weighted by Gasteiger charge is -2.10. The van der Waals surface area contributed by atoms with Gasteiger partial charge in [0.2, 0.25) is 5.91 Å². The first-order valence-corrected chi connectivity index (χ1v) is 4.50. The molecule has 0 saturated carbocycles. The van der Waals surface area contributed by atoms with E-state index < -0.39 is 5.97 Å². The zero-order valence-electron chi connectivity index (χ0n) is 8.97. The van der Waals surface area contributed by atoms with E-state index in [0.29, 0.717) is 5.82 Å². The molecule has 0 radical (unpaired) electrons. The third-order valence-electron chi connectivity index (χ3n) is 1.79. The van der Waals surface area contributed by atoms with Crippen LogP contribution >= 0.6 is 0 Å². The zero-order valence-corrected chi connectivity index (χ0v) is 8.97. The van der Waals surface area contributed by atoms with Crippen LogP contribution in [0.1, 0.15) is 10.5 Å². The Balaban J connectivity index is 2.56. The Labute approximate surface area is 92.1 Å². The molecule has 0 aromatic carbocycles. The van der Waals surface area contributed by atoms with Crippen LogP contribution in [0.3, 0.4) is 0 Å². The number of carbonyl (C=O) groups excluding carboxylic acids is 1. The van der Waals surface area contributed by atoms with Crippen molar-refractivity contribution < 1.29 is 14.7 Å². The van der Waals surface area contributed by atoms with Gasteiger partial charge < -0.3 is 15.3 Å². The quantitative estimate of drug-likeness (QED) is 0.727. The molecule has 0 unspecified atom stereocenters.